The van der Waals surface area contributed by atoms with Gasteiger partial charge >= 0.3 is 0 Å². The van der Waals surface area contributed by atoms with Crippen LogP contribution in [0.5, 0.6) is 0 Å². The molecule has 0 saturated carbocycles. The van der Waals surface area contributed by atoms with E-state index in [2.05, 4.69) is 115 Å². The first-order valence-electron chi connectivity index (χ1n) is 17.4. The van der Waals surface area contributed by atoms with E-state index in [0.717, 1.165) is 6.42 Å². The smallest absolute Gasteiger partial charge is 0.161 e. The van der Waals surface area contributed by atoms with Crippen molar-refractivity contribution in [3.05, 3.63) is 126 Å². The summed E-state index contributed by atoms with van der Waals surface area (Å²) in [5, 5.41) is 0. The Labute approximate surface area is 283 Å². The van der Waals surface area contributed by atoms with E-state index in [-0.39, 0.29) is 0 Å². The molecule has 0 spiro atoms. The fourth-order valence-corrected chi connectivity index (χ4v) is 12.3. The van der Waals surface area contributed by atoms with Gasteiger partial charge in [0.25, 0.3) is 0 Å². The number of allylic oxidation sites excluding steroid dienone is 2. The van der Waals surface area contributed by atoms with E-state index in [4.69, 9.17) is 11.1 Å². The minimum Gasteiger partial charge on any atom is -0.167 e. The summed E-state index contributed by atoms with van der Waals surface area (Å²) in [6.07, 6.45) is 13.5. The van der Waals surface area contributed by atoms with E-state index in [9.17, 15) is 0 Å². The normalized spacial score (nSPS) is 17.5. The Kier molecular flexibility index (Phi) is 8.09. The molecule has 0 aromatic heterocycles. The van der Waals surface area contributed by atoms with Gasteiger partial charge in [0.15, 0.2) is 7.38 Å². The van der Waals surface area contributed by atoms with Gasteiger partial charge in [-0.15, -0.1) is 0 Å². The van der Waals surface area contributed by atoms with Crippen molar-refractivity contribution in [2.24, 2.45) is 0 Å². The monoisotopic (exact) mass is 640 g/mol. The topological polar surface area (TPSA) is 0 Å². The molecule has 0 radical (unpaired) electrons. The number of hydrogen-bond donors (Lipinski definition) is 0. The van der Waals surface area contributed by atoms with E-state index in [1.807, 2.05) is 0 Å². The lowest BCUT2D eigenvalue weighted by molar-refractivity contribution is 0.911. The Bertz CT molecular complexity index is 1920. The second-order valence-corrected chi connectivity index (χ2v) is 22.0. The first-order chi connectivity index (χ1) is 21.9. The lowest BCUT2D eigenvalue weighted by Gasteiger charge is -2.26. The van der Waals surface area contributed by atoms with Crippen LogP contribution in [0.15, 0.2) is 59.7 Å². The summed E-state index contributed by atoms with van der Waals surface area (Å²) in [6.45, 7) is 17.9. The molecule has 236 valence electrons. The van der Waals surface area contributed by atoms with E-state index in [1.165, 1.54) is 105 Å². The first kappa shape index (κ1) is 31.5. The highest BCUT2D eigenvalue weighted by Gasteiger charge is 2.39. The van der Waals surface area contributed by atoms with Crippen LogP contribution in [0.25, 0.3) is 34.4 Å². The van der Waals surface area contributed by atoms with Gasteiger partial charge in [0.1, 0.15) is 0 Å². The van der Waals surface area contributed by atoms with Crippen molar-refractivity contribution in [2.45, 2.75) is 105 Å². The maximum atomic E-state index is 6.96. The van der Waals surface area contributed by atoms with E-state index < -0.39 is 7.38 Å². The number of aryl methyl sites for hydroxylation is 6. The molecule has 0 aliphatic heterocycles. The molecule has 2 heteroatoms. The van der Waals surface area contributed by atoms with Crippen molar-refractivity contribution in [3.63, 3.8) is 0 Å². The standard InChI is InChI=1S/C23H27ClSi.C21H22/c1-14-9-15(2)11-18(10-14)22-19-8-6-7-17(19)13-21-20(22)12-16(3)23(21)25(4,5)24;1-13-7-14(2)10-18(9-13)21-19-6-4-5-16(19)12-17-8-15(3)11-20(17)21/h9-13,23H,6-8H2,1-5H3;7-10,12H,4-6,11H2,1-3H3. The molecule has 0 heterocycles. The number of hydrogen-bond acceptors (Lipinski definition) is 0. The molecule has 4 aromatic carbocycles. The van der Waals surface area contributed by atoms with E-state index >= 15 is 0 Å². The van der Waals surface area contributed by atoms with Crippen molar-refractivity contribution in [1.29, 1.82) is 0 Å². The molecule has 1 unspecified atom stereocenters. The zero-order valence-electron chi connectivity index (χ0n) is 29.2. The van der Waals surface area contributed by atoms with Crippen molar-refractivity contribution < 1.29 is 0 Å². The van der Waals surface area contributed by atoms with Gasteiger partial charge in [-0.2, -0.15) is 11.1 Å². The molecular weight excluding hydrogens is 592 g/mol. The first-order valence-corrected chi connectivity index (χ1v) is 21.5. The maximum Gasteiger partial charge on any atom is 0.161 e. The van der Waals surface area contributed by atoms with Gasteiger partial charge < -0.3 is 0 Å². The van der Waals surface area contributed by atoms with Crippen molar-refractivity contribution in [2.75, 3.05) is 0 Å². The molecule has 4 aliphatic carbocycles. The zero-order chi connectivity index (χ0) is 32.5. The number of rotatable bonds is 3. The van der Waals surface area contributed by atoms with Crippen LogP contribution in [0.3, 0.4) is 0 Å². The summed E-state index contributed by atoms with van der Waals surface area (Å²) in [5.74, 6) is 0. The summed E-state index contributed by atoms with van der Waals surface area (Å²) in [6, 6.07) is 19.0. The highest BCUT2D eigenvalue weighted by Crippen LogP contribution is 2.50. The molecule has 4 aliphatic rings. The van der Waals surface area contributed by atoms with Crippen molar-refractivity contribution >= 4 is 30.6 Å². The second-order valence-electron chi connectivity index (χ2n) is 15.4. The van der Waals surface area contributed by atoms with Gasteiger partial charge in [-0.25, -0.2) is 0 Å². The lowest BCUT2D eigenvalue weighted by Crippen LogP contribution is -2.28. The second kappa shape index (κ2) is 11.8. The van der Waals surface area contributed by atoms with Gasteiger partial charge in [0.05, 0.1) is 0 Å². The Balaban J connectivity index is 0.000000149. The third-order valence-electron chi connectivity index (χ3n) is 10.7. The molecular formula is C44H49ClSi. The molecule has 4 aromatic rings. The van der Waals surface area contributed by atoms with Crippen LogP contribution in [-0.4, -0.2) is 7.38 Å². The fraction of sp³-hybridized carbons (Fsp3) is 0.364. The lowest BCUT2D eigenvalue weighted by atomic mass is 9.88. The number of benzene rings is 4. The van der Waals surface area contributed by atoms with Crippen LogP contribution < -0.4 is 0 Å². The predicted molar refractivity (Wildman–Crippen MR) is 204 cm³/mol. The SMILES string of the molecule is CC1=Cc2c(cc3c(c2-c2cc(C)cc(C)c2)CCC3)C1[Si](C)(C)Cl.CC1=Cc2cc3c(c(-c4cc(C)cc(C)c4)c2C1)CCC3. The van der Waals surface area contributed by atoms with Crippen LogP contribution in [-0.2, 0) is 32.1 Å². The summed E-state index contributed by atoms with van der Waals surface area (Å²) in [4.78, 5) is 0. The molecule has 8 rings (SSSR count). The molecule has 0 fully saturated rings. The Hall–Kier alpha value is -3.13. The average Bonchev–Trinajstić information content (AvgIpc) is 3.73. The molecule has 46 heavy (non-hydrogen) atoms. The highest BCUT2D eigenvalue weighted by molar-refractivity contribution is 7.20. The van der Waals surface area contributed by atoms with Gasteiger partial charge in [-0.05, 0) is 153 Å². The van der Waals surface area contributed by atoms with E-state index in [0.29, 0.717) is 5.54 Å². The van der Waals surface area contributed by atoms with Gasteiger partial charge in [-0.1, -0.05) is 107 Å². The van der Waals surface area contributed by atoms with Crippen LogP contribution in [0.2, 0.25) is 13.1 Å². The molecule has 0 nitrogen and oxygen atoms in total. The van der Waals surface area contributed by atoms with Crippen molar-refractivity contribution in [1.82, 2.24) is 0 Å². The Morgan fingerprint density at radius 1 is 0.587 bits per heavy atom. The number of halogens is 1. The van der Waals surface area contributed by atoms with Crippen molar-refractivity contribution in [3.8, 4) is 22.3 Å². The van der Waals surface area contributed by atoms with Crippen LogP contribution >= 0.6 is 11.1 Å². The van der Waals surface area contributed by atoms with Crippen LogP contribution in [0.4, 0.5) is 0 Å². The minimum absolute atomic E-state index is 0.444. The van der Waals surface area contributed by atoms with Gasteiger partial charge in [-0.3, -0.25) is 0 Å². The Morgan fingerprint density at radius 2 is 1.11 bits per heavy atom. The van der Waals surface area contributed by atoms with E-state index in [1.54, 1.807) is 33.4 Å². The summed E-state index contributed by atoms with van der Waals surface area (Å²) in [5.41, 5.74) is 27.1. The third kappa shape index (κ3) is 5.69. The maximum absolute atomic E-state index is 6.96. The fourth-order valence-electron chi connectivity index (χ4n) is 9.29. The van der Waals surface area contributed by atoms with Gasteiger partial charge in [0, 0.05) is 5.54 Å². The molecule has 0 bridgehead atoms. The molecule has 0 saturated heterocycles. The highest BCUT2D eigenvalue weighted by atomic mass is 35.6. The predicted octanol–water partition coefficient (Wildman–Crippen LogP) is 12.4. The minimum atomic E-state index is -1.81. The number of fused-ring (bicyclic) bond motifs is 4. The quantitative estimate of drug-likeness (QED) is 0.154. The third-order valence-corrected chi connectivity index (χ3v) is 13.5. The van der Waals surface area contributed by atoms with Crippen LogP contribution in [0.1, 0.15) is 99.0 Å². The van der Waals surface area contributed by atoms with Crippen LogP contribution in [0, 0.1) is 27.7 Å². The zero-order valence-corrected chi connectivity index (χ0v) is 30.9. The summed E-state index contributed by atoms with van der Waals surface area (Å²) in [7, 11) is -1.81. The summed E-state index contributed by atoms with van der Waals surface area (Å²) >= 11 is 6.96. The summed E-state index contributed by atoms with van der Waals surface area (Å²) < 4.78 is 0. The molecule has 0 amide bonds. The largest absolute Gasteiger partial charge is 0.167 e. The molecule has 0 N–H and O–H groups in total. The van der Waals surface area contributed by atoms with Gasteiger partial charge in [0.2, 0.25) is 0 Å². The Morgan fingerprint density at radius 3 is 1.67 bits per heavy atom. The average molecular weight is 641 g/mol. The molecule has 1 atom stereocenters.